The van der Waals surface area contributed by atoms with Gasteiger partial charge in [0.25, 0.3) is 0 Å². The summed E-state index contributed by atoms with van der Waals surface area (Å²) in [5, 5.41) is 9.27. The Kier molecular flexibility index (Phi) is 6.44. The molecule has 31 heavy (non-hydrogen) atoms. The molecule has 0 unspecified atom stereocenters. The van der Waals surface area contributed by atoms with Crippen LogP contribution in [0.1, 0.15) is 16.7 Å². The number of nitrogens with zero attached hydrogens (tertiary/aromatic N) is 4. The Morgan fingerprint density at radius 3 is 2.39 bits per heavy atom. The molecule has 4 rings (SSSR count). The number of amides is 1. The number of piperazine rings is 1. The second-order valence-electron chi connectivity index (χ2n) is 7.45. The van der Waals surface area contributed by atoms with Crippen molar-refractivity contribution in [3.63, 3.8) is 0 Å². The molecule has 6 nitrogen and oxygen atoms in total. The third-order valence-electron chi connectivity index (χ3n) is 5.37. The first-order valence-electron chi connectivity index (χ1n) is 10.4. The standard InChI is InChI=1S/C25H24N4O2/c26-18-22-7-4-12-27-25(22)29-15-13-28(14-16-29)24(30)17-20-8-10-23(11-9-20)31-19-21-5-2-1-3-6-21/h1-12H,13-17,19H2. The second kappa shape index (κ2) is 9.77. The molecule has 1 aliphatic heterocycles. The number of ether oxygens (including phenoxy) is 1. The number of hydrogen-bond donors (Lipinski definition) is 0. The number of pyridine rings is 1. The molecule has 0 saturated carbocycles. The smallest absolute Gasteiger partial charge is 0.227 e. The van der Waals surface area contributed by atoms with Crippen LogP contribution in [0.2, 0.25) is 0 Å². The quantitative estimate of drug-likeness (QED) is 0.621. The number of carbonyl (C=O) groups excluding carboxylic acids is 1. The molecule has 0 atom stereocenters. The summed E-state index contributed by atoms with van der Waals surface area (Å²) in [6, 6.07) is 23.5. The normalized spacial score (nSPS) is 13.5. The molecule has 3 aromatic rings. The maximum Gasteiger partial charge on any atom is 0.227 e. The van der Waals surface area contributed by atoms with Gasteiger partial charge in [-0.2, -0.15) is 5.26 Å². The lowest BCUT2D eigenvalue weighted by atomic mass is 10.1. The van der Waals surface area contributed by atoms with Crippen LogP contribution >= 0.6 is 0 Å². The van der Waals surface area contributed by atoms with Crippen LogP contribution < -0.4 is 9.64 Å². The third kappa shape index (κ3) is 5.20. The summed E-state index contributed by atoms with van der Waals surface area (Å²) in [7, 11) is 0. The van der Waals surface area contributed by atoms with Crippen molar-refractivity contribution in [1.29, 1.82) is 5.26 Å². The number of rotatable bonds is 6. The number of carbonyl (C=O) groups is 1. The Balaban J connectivity index is 1.27. The molecule has 0 spiro atoms. The highest BCUT2D eigenvalue weighted by Crippen LogP contribution is 2.19. The number of anilines is 1. The topological polar surface area (TPSA) is 69.5 Å². The summed E-state index contributed by atoms with van der Waals surface area (Å²) < 4.78 is 5.81. The molecule has 1 fully saturated rings. The van der Waals surface area contributed by atoms with Gasteiger partial charge in [0.05, 0.1) is 12.0 Å². The maximum atomic E-state index is 12.7. The van der Waals surface area contributed by atoms with Crippen LogP contribution in [0.4, 0.5) is 5.82 Å². The average Bonchev–Trinajstić information content (AvgIpc) is 2.84. The molecule has 1 aliphatic rings. The lowest BCUT2D eigenvalue weighted by molar-refractivity contribution is -0.130. The first kappa shape index (κ1) is 20.4. The predicted molar refractivity (Wildman–Crippen MR) is 119 cm³/mol. The average molecular weight is 412 g/mol. The van der Waals surface area contributed by atoms with Crippen LogP contribution in [-0.4, -0.2) is 42.0 Å². The van der Waals surface area contributed by atoms with E-state index in [1.54, 1.807) is 18.3 Å². The molecule has 2 aromatic carbocycles. The van der Waals surface area contributed by atoms with Crippen molar-refractivity contribution in [1.82, 2.24) is 9.88 Å². The highest BCUT2D eigenvalue weighted by Gasteiger charge is 2.23. The molecule has 6 heteroatoms. The zero-order valence-corrected chi connectivity index (χ0v) is 17.3. The summed E-state index contributed by atoms with van der Waals surface area (Å²) in [4.78, 5) is 21.0. The van der Waals surface area contributed by atoms with Gasteiger partial charge in [-0.25, -0.2) is 4.98 Å². The minimum Gasteiger partial charge on any atom is -0.489 e. The van der Waals surface area contributed by atoms with E-state index in [0.29, 0.717) is 50.6 Å². The predicted octanol–water partition coefficient (Wildman–Crippen LogP) is 3.42. The monoisotopic (exact) mass is 412 g/mol. The fraction of sp³-hybridized carbons (Fsp3) is 0.240. The Bertz CT molecular complexity index is 1050. The van der Waals surface area contributed by atoms with E-state index in [4.69, 9.17) is 4.74 Å². The molecule has 156 valence electrons. The number of benzene rings is 2. The van der Waals surface area contributed by atoms with Crippen molar-refractivity contribution in [2.75, 3.05) is 31.1 Å². The van der Waals surface area contributed by atoms with Crippen LogP contribution in [0.3, 0.4) is 0 Å². The summed E-state index contributed by atoms with van der Waals surface area (Å²) >= 11 is 0. The van der Waals surface area contributed by atoms with Crippen molar-refractivity contribution in [3.05, 3.63) is 89.6 Å². The highest BCUT2D eigenvalue weighted by molar-refractivity contribution is 5.79. The van der Waals surface area contributed by atoms with Crippen LogP contribution in [0, 0.1) is 11.3 Å². The minimum absolute atomic E-state index is 0.110. The summed E-state index contributed by atoms with van der Waals surface area (Å²) in [5.74, 6) is 1.60. The lowest BCUT2D eigenvalue weighted by Crippen LogP contribution is -2.49. The molecule has 0 aliphatic carbocycles. The molecule has 1 aromatic heterocycles. The van der Waals surface area contributed by atoms with E-state index in [2.05, 4.69) is 16.0 Å². The van der Waals surface area contributed by atoms with E-state index in [9.17, 15) is 10.1 Å². The van der Waals surface area contributed by atoms with Gasteiger partial charge in [-0.15, -0.1) is 0 Å². The molecule has 0 bridgehead atoms. The Labute approximate surface area is 182 Å². The lowest BCUT2D eigenvalue weighted by Gasteiger charge is -2.35. The molecule has 1 amide bonds. The second-order valence-corrected chi connectivity index (χ2v) is 7.45. The van der Waals surface area contributed by atoms with Crippen molar-refractivity contribution >= 4 is 11.7 Å². The van der Waals surface area contributed by atoms with E-state index in [1.807, 2.05) is 59.5 Å². The highest BCUT2D eigenvalue weighted by atomic mass is 16.5. The SMILES string of the molecule is N#Cc1cccnc1N1CCN(C(=O)Cc2ccc(OCc3ccccc3)cc2)CC1. The Morgan fingerprint density at radius 1 is 0.935 bits per heavy atom. The zero-order valence-electron chi connectivity index (χ0n) is 17.3. The first-order valence-corrected chi connectivity index (χ1v) is 10.4. The van der Waals surface area contributed by atoms with Crippen LogP contribution in [0.5, 0.6) is 5.75 Å². The van der Waals surface area contributed by atoms with E-state index < -0.39 is 0 Å². The molecule has 2 heterocycles. The van der Waals surface area contributed by atoms with E-state index in [0.717, 1.165) is 16.9 Å². The Morgan fingerprint density at radius 2 is 1.68 bits per heavy atom. The van der Waals surface area contributed by atoms with Gasteiger partial charge in [-0.3, -0.25) is 4.79 Å². The van der Waals surface area contributed by atoms with Crippen LogP contribution in [0.25, 0.3) is 0 Å². The van der Waals surface area contributed by atoms with Crippen molar-refractivity contribution < 1.29 is 9.53 Å². The Hall–Kier alpha value is -3.85. The number of aromatic nitrogens is 1. The summed E-state index contributed by atoms with van der Waals surface area (Å²) in [6.07, 6.45) is 2.06. The van der Waals surface area contributed by atoms with Gasteiger partial charge in [0.15, 0.2) is 0 Å². The van der Waals surface area contributed by atoms with Gasteiger partial charge in [0, 0.05) is 32.4 Å². The van der Waals surface area contributed by atoms with Crippen molar-refractivity contribution in [2.24, 2.45) is 0 Å². The van der Waals surface area contributed by atoms with E-state index in [-0.39, 0.29) is 5.91 Å². The molecular formula is C25H24N4O2. The van der Waals surface area contributed by atoms with E-state index in [1.165, 1.54) is 0 Å². The summed E-state index contributed by atoms with van der Waals surface area (Å²) in [6.45, 7) is 3.11. The van der Waals surface area contributed by atoms with Gasteiger partial charge in [0.2, 0.25) is 5.91 Å². The minimum atomic E-state index is 0.110. The molecular weight excluding hydrogens is 388 g/mol. The maximum absolute atomic E-state index is 12.7. The largest absolute Gasteiger partial charge is 0.489 e. The van der Waals surface area contributed by atoms with Gasteiger partial charge in [-0.05, 0) is 35.4 Å². The van der Waals surface area contributed by atoms with Gasteiger partial charge in [-0.1, -0.05) is 42.5 Å². The fourth-order valence-corrected chi connectivity index (χ4v) is 3.63. The van der Waals surface area contributed by atoms with Crippen molar-refractivity contribution in [2.45, 2.75) is 13.0 Å². The molecule has 0 radical (unpaired) electrons. The molecule has 0 N–H and O–H groups in total. The van der Waals surface area contributed by atoms with E-state index >= 15 is 0 Å². The van der Waals surface area contributed by atoms with Gasteiger partial charge in [0.1, 0.15) is 24.2 Å². The van der Waals surface area contributed by atoms with Gasteiger partial charge < -0.3 is 14.5 Å². The third-order valence-corrected chi connectivity index (χ3v) is 5.37. The first-order chi connectivity index (χ1) is 15.2. The van der Waals surface area contributed by atoms with Crippen molar-refractivity contribution in [3.8, 4) is 11.8 Å². The van der Waals surface area contributed by atoms with Crippen LogP contribution in [-0.2, 0) is 17.8 Å². The fourth-order valence-electron chi connectivity index (χ4n) is 3.63. The number of nitriles is 1. The number of hydrogen-bond acceptors (Lipinski definition) is 5. The van der Waals surface area contributed by atoms with Gasteiger partial charge >= 0.3 is 0 Å². The van der Waals surface area contributed by atoms with Crippen LogP contribution in [0.15, 0.2) is 72.9 Å². The summed E-state index contributed by atoms with van der Waals surface area (Å²) in [5.41, 5.74) is 2.65. The zero-order chi connectivity index (χ0) is 21.5. The molecule has 1 saturated heterocycles.